The third kappa shape index (κ3) is 3.38. The molecule has 0 unspecified atom stereocenters. The lowest BCUT2D eigenvalue weighted by Crippen LogP contribution is -2.63. The van der Waals surface area contributed by atoms with Crippen LogP contribution < -0.4 is 10.1 Å². The Labute approximate surface area is 128 Å². The van der Waals surface area contributed by atoms with Gasteiger partial charge in [0.05, 0.1) is 25.9 Å². The number of methoxy groups -OCH3 is 1. The largest absolute Gasteiger partial charge is 0.497 e. The summed E-state index contributed by atoms with van der Waals surface area (Å²) in [4.78, 5) is 12.3. The summed E-state index contributed by atoms with van der Waals surface area (Å²) in [6.45, 7) is 1.26. The summed E-state index contributed by atoms with van der Waals surface area (Å²) < 4.78 is 10.5. The van der Waals surface area contributed by atoms with Crippen LogP contribution in [0.5, 0.6) is 5.75 Å². The second-order valence-corrected chi connectivity index (χ2v) is 5.27. The number of hydrogen-bond acceptors (Lipinski definition) is 6. The number of benzene rings is 1. The molecule has 0 aromatic heterocycles. The van der Waals surface area contributed by atoms with Gasteiger partial charge in [-0.25, -0.2) is 0 Å². The molecular formula is C15H21NO6. The molecule has 0 saturated carbocycles. The molecule has 122 valence electrons. The highest BCUT2D eigenvalue weighted by atomic mass is 16.5. The van der Waals surface area contributed by atoms with Crippen LogP contribution in [0.15, 0.2) is 24.3 Å². The van der Waals surface area contributed by atoms with Gasteiger partial charge in [0.2, 0.25) is 0 Å². The molecule has 0 aliphatic carbocycles. The zero-order valence-electron chi connectivity index (χ0n) is 12.5. The van der Waals surface area contributed by atoms with E-state index in [1.54, 1.807) is 31.2 Å². The zero-order valence-corrected chi connectivity index (χ0v) is 12.5. The van der Waals surface area contributed by atoms with Gasteiger partial charge < -0.3 is 30.1 Å². The average Bonchev–Trinajstić information content (AvgIpc) is 2.54. The Kier molecular flexibility index (Phi) is 5.36. The van der Waals surface area contributed by atoms with Crippen molar-refractivity contribution in [2.45, 2.75) is 37.4 Å². The van der Waals surface area contributed by atoms with Crippen LogP contribution >= 0.6 is 0 Å². The zero-order chi connectivity index (χ0) is 16.3. The summed E-state index contributed by atoms with van der Waals surface area (Å²) in [7, 11) is 1.50. The topological polar surface area (TPSA) is 108 Å². The van der Waals surface area contributed by atoms with Gasteiger partial charge in [0.25, 0.3) is 5.91 Å². The van der Waals surface area contributed by atoms with E-state index in [2.05, 4.69) is 5.32 Å². The van der Waals surface area contributed by atoms with Gasteiger partial charge >= 0.3 is 0 Å². The van der Waals surface area contributed by atoms with Crippen LogP contribution in [-0.2, 0) is 4.74 Å². The normalized spacial score (nSPS) is 31.6. The number of rotatable bonds is 4. The third-order valence-corrected chi connectivity index (χ3v) is 3.80. The van der Waals surface area contributed by atoms with E-state index >= 15 is 0 Å². The molecule has 1 fully saturated rings. The quantitative estimate of drug-likeness (QED) is 0.585. The van der Waals surface area contributed by atoms with Crippen molar-refractivity contribution in [2.24, 2.45) is 0 Å². The molecule has 1 heterocycles. The van der Waals surface area contributed by atoms with Crippen LogP contribution in [0.4, 0.5) is 0 Å². The molecule has 0 bridgehead atoms. The first-order valence-electron chi connectivity index (χ1n) is 7.05. The van der Waals surface area contributed by atoms with Crippen LogP contribution in [0.25, 0.3) is 0 Å². The minimum Gasteiger partial charge on any atom is -0.497 e. The van der Waals surface area contributed by atoms with Crippen LogP contribution in [0.1, 0.15) is 17.3 Å². The van der Waals surface area contributed by atoms with Crippen LogP contribution in [0, 0.1) is 0 Å². The highest BCUT2D eigenvalue weighted by Gasteiger charge is 2.42. The van der Waals surface area contributed by atoms with Gasteiger partial charge in [-0.3, -0.25) is 4.79 Å². The smallest absolute Gasteiger partial charge is 0.251 e. The van der Waals surface area contributed by atoms with E-state index in [-0.39, 0.29) is 0 Å². The SMILES string of the molecule is COc1cccc(C(=O)N[C@@H]2[C@@H](O)[C@@H](O)[C@@H](CO)O[C@H]2C)c1. The number of carbonyl (C=O) groups excluding carboxylic acids is 1. The first-order valence-corrected chi connectivity index (χ1v) is 7.05. The van der Waals surface area contributed by atoms with Crippen molar-refractivity contribution in [3.05, 3.63) is 29.8 Å². The van der Waals surface area contributed by atoms with Crippen LogP contribution in [-0.4, -0.2) is 65.4 Å². The van der Waals surface area contributed by atoms with E-state index in [1.165, 1.54) is 7.11 Å². The number of aliphatic hydroxyl groups is 3. The Bertz CT molecular complexity index is 523. The maximum atomic E-state index is 12.3. The molecule has 1 aliphatic heterocycles. The Morgan fingerprint density at radius 3 is 2.73 bits per heavy atom. The number of ether oxygens (including phenoxy) is 2. The first-order chi connectivity index (χ1) is 10.5. The predicted octanol–water partition coefficient (Wildman–Crippen LogP) is -0.705. The number of nitrogens with one attached hydrogen (secondary N) is 1. The van der Waals surface area contributed by atoms with Crippen molar-refractivity contribution in [2.75, 3.05) is 13.7 Å². The van der Waals surface area contributed by atoms with Crippen LogP contribution in [0.2, 0.25) is 0 Å². The Morgan fingerprint density at radius 2 is 2.09 bits per heavy atom. The number of amides is 1. The highest BCUT2D eigenvalue weighted by Crippen LogP contribution is 2.21. The van der Waals surface area contributed by atoms with Crippen molar-refractivity contribution >= 4 is 5.91 Å². The maximum absolute atomic E-state index is 12.3. The summed E-state index contributed by atoms with van der Waals surface area (Å²) >= 11 is 0. The molecule has 1 aromatic carbocycles. The Morgan fingerprint density at radius 1 is 1.36 bits per heavy atom. The molecule has 2 rings (SSSR count). The number of hydrogen-bond donors (Lipinski definition) is 4. The third-order valence-electron chi connectivity index (χ3n) is 3.80. The van der Waals surface area contributed by atoms with E-state index < -0.39 is 43.0 Å². The molecule has 0 spiro atoms. The van der Waals surface area contributed by atoms with Crippen molar-refractivity contribution in [1.29, 1.82) is 0 Å². The van der Waals surface area contributed by atoms with Gasteiger partial charge in [0.15, 0.2) is 0 Å². The van der Waals surface area contributed by atoms with E-state index in [0.29, 0.717) is 11.3 Å². The standard InChI is InChI=1S/C15H21NO6/c1-8-12(14(19)13(18)11(7-17)22-8)16-15(20)9-4-3-5-10(6-9)21-2/h3-6,8,11-14,17-19H,7H2,1-2H3,(H,16,20)/t8-,11+,12-,13-,14+/m0/s1. The Balaban J connectivity index is 2.10. The van der Waals surface area contributed by atoms with Gasteiger partial charge in [0, 0.05) is 5.56 Å². The fourth-order valence-electron chi connectivity index (χ4n) is 2.50. The van der Waals surface area contributed by atoms with Gasteiger partial charge in [-0.1, -0.05) is 6.07 Å². The second-order valence-electron chi connectivity index (χ2n) is 5.27. The fraction of sp³-hybridized carbons (Fsp3) is 0.533. The molecule has 0 radical (unpaired) electrons. The monoisotopic (exact) mass is 311 g/mol. The second kappa shape index (κ2) is 7.06. The van der Waals surface area contributed by atoms with E-state index in [9.17, 15) is 15.0 Å². The van der Waals surface area contributed by atoms with Gasteiger partial charge in [-0.15, -0.1) is 0 Å². The van der Waals surface area contributed by atoms with Crippen molar-refractivity contribution in [3.8, 4) is 5.75 Å². The molecule has 7 heteroatoms. The summed E-state index contributed by atoms with van der Waals surface area (Å²) in [5.41, 5.74) is 0.373. The van der Waals surface area contributed by atoms with Crippen molar-refractivity contribution in [3.63, 3.8) is 0 Å². The molecule has 4 N–H and O–H groups in total. The number of carbonyl (C=O) groups is 1. The Hall–Kier alpha value is -1.67. The van der Waals surface area contributed by atoms with Crippen LogP contribution in [0.3, 0.4) is 0 Å². The molecule has 1 aromatic rings. The lowest BCUT2D eigenvalue weighted by atomic mass is 9.93. The fourth-order valence-corrected chi connectivity index (χ4v) is 2.50. The predicted molar refractivity (Wildman–Crippen MR) is 77.7 cm³/mol. The molecule has 7 nitrogen and oxygen atoms in total. The van der Waals surface area contributed by atoms with E-state index in [0.717, 1.165) is 0 Å². The van der Waals surface area contributed by atoms with Gasteiger partial charge in [-0.2, -0.15) is 0 Å². The number of aliphatic hydroxyl groups excluding tert-OH is 3. The molecule has 5 atom stereocenters. The summed E-state index contributed by atoms with van der Waals surface area (Å²) in [6, 6.07) is 5.81. The molecule has 22 heavy (non-hydrogen) atoms. The van der Waals surface area contributed by atoms with E-state index in [1.807, 2.05) is 0 Å². The first kappa shape index (κ1) is 16.7. The minimum atomic E-state index is -1.27. The van der Waals surface area contributed by atoms with Crippen molar-refractivity contribution in [1.82, 2.24) is 5.32 Å². The summed E-state index contributed by atoms with van der Waals surface area (Å²) in [5.74, 6) is 0.134. The van der Waals surface area contributed by atoms with Crippen molar-refractivity contribution < 1.29 is 29.6 Å². The summed E-state index contributed by atoms with van der Waals surface area (Å²) in [6.07, 6.45) is -3.91. The molecule has 1 amide bonds. The lowest BCUT2D eigenvalue weighted by molar-refractivity contribution is -0.187. The molecule has 1 aliphatic rings. The maximum Gasteiger partial charge on any atom is 0.251 e. The summed E-state index contributed by atoms with van der Waals surface area (Å²) in [5, 5.41) is 31.8. The lowest BCUT2D eigenvalue weighted by Gasteiger charge is -2.41. The van der Waals surface area contributed by atoms with Gasteiger partial charge in [0.1, 0.15) is 24.1 Å². The highest BCUT2D eigenvalue weighted by molar-refractivity contribution is 5.94. The van der Waals surface area contributed by atoms with Gasteiger partial charge in [-0.05, 0) is 25.1 Å². The van der Waals surface area contributed by atoms with E-state index in [4.69, 9.17) is 14.6 Å². The molecule has 1 saturated heterocycles. The molecular weight excluding hydrogens is 290 g/mol. The average molecular weight is 311 g/mol. The minimum absolute atomic E-state index is 0.373.